The third kappa shape index (κ3) is 24.9. The molecular formula is C13H38N2O3. The van der Waals surface area contributed by atoms with Crippen LogP contribution in [-0.4, -0.2) is 86.5 Å². The van der Waals surface area contributed by atoms with Crippen molar-refractivity contribution in [2.45, 2.75) is 27.7 Å². The van der Waals surface area contributed by atoms with Gasteiger partial charge in [-0.25, -0.2) is 0 Å². The van der Waals surface area contributed by atoms with Crippen LogP contribution in [0.4, 0.5) is 0 Å². The highest BCUT2D eigenvalue weighted by Crippen LogP contribution is 2.03. The highest BCUT2D eigenvalue weighted by molar-refractivity contribution is 4.31. The van der Waals surface area contributed by atoms with E-state index in [1.807, 2.05) is 0 Å². The Hall–Kier alpha value is -0.200. The van der Waals surface area contributed by atoms with E-state index in [0.29, 0.717) is 0 Å². The summed E-state index contributed by atoms with van der Waals surface area (Å²) in [5, 5.41) is 7.00. The zero-order chi connectivity index (χ0) is 13.8. The molecule has 0 amide bonds. The fraction of sp³-hybridized carbons (Fsp3) is 1.00. The zero-order valence-electron chi connectivity index (χ0n) is 14.1. The lowest BCUT2D eigenvalue weighted by Crippen LogP contribution is -2.47. The molecule has 0 saturated heterocycles. The highest BCUT2D eigenvalue weighted by atomic mass is 16.2. The van der Waals surface area contributed by atoms with Crippen molar-refractivity contribution in [3.8, 4) is 0 Å². The molecule has 3 N–H and O–H groups in total. The average Bonchev–Trinajstić information content (AvgIpc) is 2.23. The Balaban J connectivity index is -0.0000000546. The first-order valence-corrected chi connectivity index (χ1v) is 6.33. The van der Waals surface area contributed by atoms with Gasteiger partial charge in [-0.1, -0.05) is 0 Å². The molecule has 0 aromatic rings. The summed E-state index contributed by atoms with van der Waals surface area (Å²) in [7, 11) is 9.50. The summed E-state index contributed by atoms with van der Waals surface area (Å²) in [5.41, 5.74) is 0. The molecule has 5 heteroatoms. The molecule has 0 aromatic carbocycles. The monoisotopic (exact) mass is 270 g/mol. The van der Waals surface area contributed by atoms with E-state index in [2.05, 4.69) is 55.9 Å². The van der Waals surface area contributed by atoms with Crippen molar-refractivity contribution in [2.24, 2.45) is 0 Å². The number of hydrogen-bond acceptors (Lipinski definition) is 3. The summed E-state index contributed by atoms with van der Waals surface area (Å²) in [6.07, 6.45) is 0. The van der Waals surface area contributed by atoms with Crippen LogP contribution in [0.3, 0.4) is 0 Å². The van der Waals surface area contributed by atoms with Gasteiger partial charge in [0.15, 0.2) is 0 Å². The van der Waals surface area contributed by atoms with Gasteiger partial charge in [0, 0.05) is 7.11 Å². The zero-order valence-corrected chi connectivity index (χ0v) is 14.1. The minimum atomic E-state index is 0. The van der Waals surface area contributed by atoms with Gasteiger partial charge in [-0.3, -0.25) is 0 Å². The molecule has 18 heavy (non-hydrogen) atoms. The van der Waals surface area contributed by atoms with Gasteiger partial charge in [0.05, 0.1) is 54.4 Å². The van der Waals surface area contributed by atoms with Crippen molar-refractivity contribution in [3.63, 3.8) is 0 Å². The molecule has 0 saturated carbocycles. The Morgan fingerprint density at radius 3 is 0.722 bits per heavy atom. The first kappa shape index (κ1) is 30.7. The molecule has 0 heterocycles. The standard InChI is InChI=1S/C8H20N.C4H12N.CH4O.2H2O/c1-5-9(6-2,7-3)8-4;1-5(2,3)4;1-2;;/h5-8H2,1-4H3;1-4H3;2H,1H3;2*1H2/q2*+1;;;/p-2. The largest absolute Gasteiger partial charge is 0.870 e. The molecule has 0 aliphatic heterocycles. The van der Waals surface area contributed by atoms with Crippen LogP contribution in [0.5, 0.6) is 0 Å². The molecule has 0 fully saturated rings. The van der Waals surface area contributed by atoms with Gasteiger partial charge in [-0.15, -0.1) is 0 Å². The summed E-state index contributed by atoms with van der Waals surface area (Å²) < 4.78 is 2.28. The number of hydrogen-bond donors (Lipinski definition) is 1. The topological polar surface area (TPSA) is 80.2 Å². The van der Waals surface area contributed by atoms with Crippen molar-refractivity contribution in [2.75, 3.05) is 61.5 Å². The van der Waals surface area contributed by atoms with Crippen LogP contribution in [0.15, 0.2) is 0 Å². The van der Waals surface area contributed by atoms with Crippen molar-refractivity contribution in [3.05, 3.63) is 0 Å². The normalized spacial score (nSPS) is 9.67. The maximum Gasteiger partial charge on any atom is 0.0757 e. The van der Waals surface area contributed by atoms with Crippen LogP contribution >= 0.6 is 0 Å². The van der Waals surface area contributed by atoms with Gasteiger partial charge in [0.1, 0.15) is 0 Å². The Bertz CT molecular complexity index is 109. The third-order valence-corrected chi connectivity index (χ3v) is 2.68. The van der Waals surface area contributed by atoms with Gasteiger partial charge in [0.25, 0.3) is 0 Å². The van der Waals surface area contributed by atoms with Crippen LogP contribution < -0.4 is 0 Å². The second kappa shape index (κ2) is 16.8. The van der Waals surface area contributed by atoms with Gasteiger partial charge in [0.2, 0.25) is 0 Å². The van der Waals surface area contributed by atoms with E-state index in [1.165, 1.54) is 30.7 Å². The molecule has 0 atom stereocenters. The number of nitrogens with zero attached hydrogens (tertiary/aromatic N) is 2. The maximum atomic E-state index is 7.00. The lowest BCUT2D eigenvalue weighted by Gasteiger charge is -2.34. The summed E-state index contributed by atoms with van der Waals surface area (Å²) in [5.74, 6) is 0. The summed E-state index contributed by atoms with van der Waals surface area (Å²) >= 11 is 0. The second-order valence-corrected chi connectivity index (χ2v) is 5.29. The quantitative estimate of drug-likeness (QED) is 0.785. The summed E-state index contributed by atoms with van der Waals surface area (Å²) in [6.45, 7) is 14.2. The smallest absolute Gasteiger partial charge is 0.0757 e. The molecule has 0 radical (unpaired) electrons. The lowest BCUT2D eigenvalue weighted by atomic mass is 10.3. The van der Waals surface area contributed by atoms with Crippen molar-refractivity contribution in [1.29, 1.82) is 0 Å². The Labute approximate surface area is 115 Å². The van der Waals surface area contributed by atoms with E-state index in [1.54, 1.807) is 0 Å². The Kier molecular flexibility index (Phi) is 28.6. The van der Waals surface area contributed by atoms with Crippen molar-refractivity contribution in [1.82, 2.24) is 0 Å². The number of quaternary nitrogens is 2. The maximum absolute atomic E-state index is 7.00. The Morgan fingerprint density at radius 2 is 0.722 bits per heavy atom. The van der Waals surface area contributed by atoms with E-state index < -0.39 is 0 Å². The molecular weight excluding hydrogens is 232 g/mol. The van der Waals surface area contributed by atoms with Gasteiger partial charge < -0.3 is 25.0 Å². The number of aliphatic hydroxyl groups excluding tert-OH is 1. The minimum Gasteiger partial charge on any atom is -0.870 e. The average molecular weight is 270 g/mol. The van der Waals surface area contributed by atoms with Crippen LogP contribution in [0.1, 0.15) is 27.7 Å². The first-order chi connectivity index (χ1) is 7.24. The second-order valence-electron chi connectivity index (χ2n) is 5.29. The van der Waals surface area contributed by atoms with Crippen LogP contribution in [0.25, 0.3) is 0 Å². The predicted octanol–water partition coefficient (Wildman–Crippen LogP) is 1.46. The highest BCUT2D eigenvalue weighted by Gasteiger charge is 2.16. The lowest BCUT2D eigenvalue weighted by molar-refractivity contribution is -0.921. The molecule has 0 rings (SSSR count). The third-order valence-electron chi connectivity index (χ3n) is 2.68. The van der Waals surface area contributed by atoms with E-state index in [4.69, 9.17) is 5.11 Å². The Morgan fingerprint density at radius 1 is 0.611 bits per heavy atom. The number of rotatable bonds is 4. The molecule has 5 nitrogen and oxygen atoms in total. The molecule has 0 aliphatic rings. The van der Waals surface area contributed by atoms with Crippen molar-refractivity contribution < 1.29 is 25.0 Å². The van der Waals surface area contributed by atoms with Crippen LogP contribution in [0.2, 0.25) is 0 Å². The van der Waals surface area contributed by atoms with Crippen LogP contribution in [0, 0.1) is 0 Å². The van der Waals surface area contributed by atoms with E-state index in [0.717, 1.165) is 11.6 Å². The molecule has 0 bridgehead atoms. The molecule has 118 valence electrons. The number of aliphatic hydroxyl groups is 1. The van der Waals surface area contributed by atoms with E-state index >= 15 is 0 Å². The SMILES string of the molecule is CC[N+](CC)(CC)CC.CO.C[N+](C)(C)C.[OH-].[OH-]. The summed E-state index contributed by atoms with van der Waals surface area (Å²) in [6, 6.07) is 0. The molecule has 0 aliphatic carbocycles. The van der Waals surface area contributed by atoms with Crippen molar-refractivity contribution >= 4 is 0 Å². The van der Waals surface area contributed by atoms with Gasteiger partial charge >= 0.3 is 0 Å². The van der Waals surface area contributed by atoms with Gasteiger partial charge in [-0.2, -0.15) is 0 Å². The van der Waals surface area contributed by atoms with E-state index in [9.17, 15) is 0 Å². The van der Waals surface area contributed by atoms with Crippen LogP contribution in [-0.2, 0) is 0 Å². The fourth-order valence-electron chi connectivity index (χ4n) is 1.34. The van der Waals surface area contributed by atoms with Gasteiger partial charge in [-0.05, 0) is 27.7 Å². The molecule has 0 spiro atoms. The summed E-state index contributed by atoms with van der Waals surface area (Å²) in [4.78, 5) is 0. The molecule has 0 aromatic heterocycles. The predicted molar refractivity (Wildman–Crippen MR) is 78.4 cm³/mol. The molecule has 0 unspecified atom stereocenters. The first-order valence-electron chi connectivity index (χ1n) is 6.33. The van der Waals surface area contributed by atoms with E-state index in [-0.39, 0.29) is 11.0 Å². The fourth-order valence-corrected chi connectivity index (χ4v) is 1.34. The minimum absolute atomic E-state index is 0.